The van der Waals surface area contributed by atoms with Crippen LogP contribution in [0, 0.1) is 0 Å². The van der Waals surface area contributed by atoms with Gasteiger partial charge in [0.1, 0.15) is 6.61 Å². The number of carboxylic acid groups (broad SMARTS) is 1. The van der Waals surface area contributed by atoms with Gasteiger partial charge in [-0.1, -0.05) is 54.6 Å². The van der Waals surface area contributed by atoms with Crippen molar-refractivity contribution >= 4 is 12.1 Å². The molecule has 0 saturated heterocycles. The number of aliphatic hydroxyl groups is 1. The van der Waals surface area contributed by atoms with Gasteiger partial charge in [-0.3, -0.25) is 0 Å². The van der Waals surface area contributed by atoms with Gasteiger partial charge in [0.25, 0.3) is 0 Å². The van der Waals surface area contributed by atoms with E-state index < -0.39 is 24.2 Å². The molecule has 176 valence electrons. The molecule has 34 heavy (non-hydrogen) atoms. The topological polar surface area (TPSA) is 114 Å². The molecule has 4 rings (SSSR count). The van der Waals surface area contributed by atoms with E-state index in [2.05, 4.69) is 5.32 Å². The van der Waals surface area contributed by atoms with Crippen molar-refractivity contribution < 1.29 is 34.0 Å². The lowest BCUT2D eigenvalue weighted by Crippen LogP contribution is -2.40. The van der Waals surface area contributed by atoms with Crippen LogP contribution in [0.3, 0.4) is 0 Å². The lowest BCUT2D eigenvalue weighted by molar-refractivity contribution is -0.148. The van der Waals surface area contributed by atoms with Gasteiger partial charge in [0.2, 0.25) is 0 Å². The molecule has 0 aromatic heterocycles. The molecule has 3 aromatic carbocycles. The molecule has 3 aromatic rings. The van der Waals surface area contributed by atoms with Crippen LogP contribution in [0.15, 0.2) is 66.7 Å². The van der Waals surface area contributed by atoms with Crippen LogP contribution in [0.2, 0.25) is 0 Å². The third-order valence-electron chi connectivity index (χ3n) is 5.95. The number of carboxylic acids is 1. The monoisotopic (exact) mass is 463 g/mol. The number of hydrogen-bond donors (Lipinski definition) is 3. The molecule has 0 heterocycles. The zero-order valence-corrected chi connectivity index (χ0v) is 18.7. The van der Waals surface area contributed by atoms with E-state index in [1.54, 1.807) is 12.1 Å². The molecule has 3 N–H and O–H groups in total. The number of methoxy groups -OCH3 is 2. The Balaban J connectivity index is 1.53. The smallest absolute Gasteiger partial charge is 0.407 e. The Labute approximate surface area is 196 Å². The van der Waals surface area contributed by atoms with Gasteiger partial charge in [0.15, 0.2) is 17.6 Å². The van der Waals surface area contributed by atoms with Gasteiger partial charge in [-0.15, -0.1) is 0 Å². The van der Waals surface area contributed by atoms with E-state index in [1.807, 2.05) is 48.5 Å². The molecule has 0 bridgehead atoms. The molecule has 0 aliphatic heterocycles. The summed E-state index contributed by atoms with van der Waals surface area (Å²) in [5.41, 5.74) is 4.62. The predicted molar refractivity (Wildman–Crippen MR) is 124 cm³/mol. The standard InChI is InChI=1S/C26H25NO7/c1-32-21-12-11-15(13-22(21)33-2)23(24(28)25(29)30)27-26(31)34-14-20-18-9-5-3-7-16(18)17-8-4-6-10-19(17)20/h3-13,20,23-24,28H,14H2,1-2H3,(H,27,31)(H,29,30)/t23-,24-/m1/s1. The van der Waals surface area contributed by atoms with E-state index in [4.69, 9.17) is 14.2 Å². The van der Waals surface area contributed by atoms with E-state index in [0.29, 0.717) is 17.1 Å². The summed E-state index contributed by atoms with van der Waals surface area (Å²) in [7, 11) is 2.90. The largest absolute Gasteiger partial charge is 0.493 e. The highest BCUT2D eigenvalue weighted by atomic mass is 16.5. The number of fused-ring (bicyclic) bond motifs is 3. The summed E-state index contributed by atoms with van der Waals surface area (Å²) >= 11 is 0. The molecule has 0 spiro atoms. The first kappa shape index (κ1) is 23.1. The molecule has 0 fully saturated rings. The average Bonchev–Trinajstić information content (AvgIpc) is 3.18. The summed E-state index contributed by atoms with van der Waals surface area (Å²) in [6.45, 7) is 0.0572. The maximum Gasteiger partial charge on any atom is 0.407 e. The number of hydrogen-bond acceptors (Lipinski definition) is 6. The van der Waals surface area contributed by atoms with Crippen LogP contribution in [0.5, 0.6) is 11.5 Å². The molecule has 1 aliphatic rings. The molecule has 1 aliphatic carbocycles. The second-order valence-corrected chi connectivity index (χ2v) is 7.85. The van der Waals surface area contributed by atoms with Crippen LogP contribution in [0.1, 0.15) is 28.7 Å². The van der Waals surface area contributed by atoms with Crippen LogP contribution in [-0.2, 0) is 9.53 Å². The molecule has 0 radical (unpaired) electrons. The van der Waals surface area contributed by atoms with Crippen molar-refractivity contribution in [1.29, 1.82) is 0 Å². The van der Waals surface area contributed by atoms with Gasteiger partial charge in [0, 0.05) is 5.92 Å². The Kier molecular flexibility index (Phi) is 6.70. The summed E-state index contributed by atoms with van der Waals surface area (Å²) in [4.78, 5) is 24.2. The number of benzene rings is 3. The van der Waals surface area contributed by atoms with Gasteiger partial charge >= 0.3 is 12.1 Å². The van der Waals surface area contributed by atoms with Crippen LogP contribution < -0.4 is 14.8 Å². The zero-order chi connectivity index (χ0) is 24.2. The van der Waals surface area contributed by atoms with Crippen molar-refractivity contribution in [1.82, 2.24) is 5.32 Å². The average molecular weight is 463 g/mol. The SMILES string of the molecule is COc1ccc([C@@H](NC(=O)OCC2c3ccccc3-c3ccccc32)[C@@H](O)C(=O)O)cc1OC. The summed E-state index contributed by atoms with van der Waals surface area (Å²) in [6, 6.07) is 19.2. The third kappa shape index (κ3) is 4.40. The third-order valence-corrected chi connectivity index (χ3v) is 5.95. The van der Waals surface area contributed by atoms with Gasteiger partial charge in [-0.2, -0.15) is 0 Å². The lowest BCUT2D eigenvalue weighted by Gasteiger charge is -2.23. The van der Waals surface area contributed by atoms with Gasteiger partial charge < -0.3 is 29.7 Å². The highest BCUT2D eigenvalue weighted by Gasteiger charge is 2.32. The Hall–Kier alpha value is -4.04. The van der Waals surface area contributed by atoms with Crippen LogP contribution in [-0.4, -0.2) is 49.2 Å². The van der Waals surface area contributed by atoms with E-state index in [9.17, 15) is 19.8 Å². The molecule has 0 saturated carbocycles. The van der Waals surface area contributed by atoms with Crippen LogP contribution in [0.25, 0.3) is 11.1 Å². The van der Waals surface area contributed by atoms with Crippen molar-refractivity contribution in [3.8, 4) is 22.6 Å². The molecule has 8 heteroatoms. The molecule has 1 amide bonds. The Morgan fingerprint density at radius 3 is 2.06 bits per heavy atom. The molecule has 2 atom stereocenters. The molecular formula is C26H25NO7. The minimum Gasteiger partial charge on any atom is -0.493 e. The number of carbonyl (C=O) groups excluding carboxylic acids is 1. The highest BCUT2D eigenvalue weighted by Crippen LogP contribution is 2.44. The van der Waals surface area contributed by atoms with E-state index in [-0.39, 0.29) is 12.5 Å². The van der Waals surface area contributed by atoms with E-state index >= 15 is 0 Å². The van der Waals surface area contributed by atoms with E-state index in [1.165, 1.54) is 20.3 Å². The first-order valence-electron chi connectivity index (χ1n) is 10.7. The second-order valence-electron chi connectivity index (χ2n) is 7.85. The molecular weight excluding hydrogens is 438 g/mol. The molecule has 8 nitrogen and oxygen atoms in total. The number of carbonyl (C=O) groups is 2. The number of amides is 1. The summed E-state index contributed by atoms with van der Waals surface area (Å²) in [5.74, 6) is -0.881. The highest BCUT2D eigenvalue weighted by molar-refractivity contribution is 5.79. The Morgan fingerprint density at radius 2 is 1.50 bits per heavy atom. The minimum absolute atomic E-state index is 0.0572. The van der Waals surface area contributed by atoms with Gasteiger partial charge in [-0.25, -0.2) is 9.59 Å². The summed E-state index contributed by atoms with van der Waals surface area (Å²) in [6.07, 6.45) is -2.75. The Bertz CT molecular complexity index is 1160. The minimum atomic E-state index is -1.90. The predicted octanol–water partition coefficient (Wildman–Crippen LogP) is 3.73. The number of ether oxygens (including phenoxy) is 3. The van der Waals surface area contributed by atoms with Crippen molar-refractivity contribution in [2.45, 2.75) is 18.1 Å². The number of nitrogens with one attached hydrogen (secondary N) is 1. The van der Waals surface area contributed by atoms with E-state index in [0.717, 1.165) is 22.3 Å². The lowest BCUT2D eigenvalue weighted by atomic mass is 9.98. The van der Waals surface area contributed by atoms with Gasteiger partial charge in [0.05, 0.1) is 20.3 Å². The molecule has 0 unspecified atom stereocenters. The number of rotatable bonds is 8. The number of aliphatic hydroxyl groups excluding tert-OH is 1. The fraction of sp³-hybridized carbons (Fsp3) is 0.231. The summed E-state index contributed by atoms with van der Waals surface area (Å²) < 4.78 is 16.0. The first-order valence-corrected chi connectivity index (χ1v) is 10.7. The van der Waals surface area contributed by atoms with Crippen molar-refractivity contribution in [3.63, 3.8) is 0 Å². The van der Waals surface area contributed by atoms with Crippen molar-refractivity contribution in [2.24, 2.45) is 0 Å². The maximum atomic E-state index is 12.7. The maximum absolute atomic E-state index is 12.7. The zero-order valence-electron chi connectivity index (χ0n) is 18.7. The fourth-order valence-electron chi connectivity index (χ4n) is 4.30. The van der Waals surface area contributed by atoms with Crippen molar-refractivity contribution in [3.05, 3.63) is 83.4 Å². The van der Waals surface area contributed by atoms with Crippen LogP contribution in [0.4, 0.5) is 4.79 Å². The van der Waals surface area contributed by atoms with Gasteiger partial charge in [-0.05, 0) is 39.9 Å². The normalized spacial score (nSPS) is 13.9. The summed E-state index contributed by atoms with van der Waals surface area (Å²) in [5, 5.41) is 22.1. The Morgan fingerprint density at radius 1 is 0.912 bits per heavy atom. The quantitative estimate of drug-likeness (QED) is 0.466. The second kappa shape index (κ2) is 9.84. The first-order chi connectivity index (χ1) is 16.4. The van der Waals surface area contributed by atoms with Crippen molar-refractivity contribution in [2.75, 3.05) is 20.8 Å². The fourth-order valence-corrected chi connectivity index (χ4v) is 4.30. The van der Waals surface area contributed by atoms with Crippen LogP contribution >= 0.6 is 0 Å². The number of alkyl carbamates (subject to hydrolysis) is 1. The number of aliphatic carboxylic acids is 1.